The second-order valence-electron chi connectivity index (χ2n) is 8.64. The van der Waals surface area contributed by atoms with E-state index in [4.69, 9.17) is 0 Å². The molecule has 1 aliphatic heterocycles. The van der Waals surface area contributed by atoms with Crippen molar-refractivity contribution in [2.75, 3.05) is 26.7 Å². The Morgan fingerprint density at radius 3 is 2.25 bits per heavy atom. The molecule has 2 aliphatic rings. The van der Waals surface area contributed by atoms with Crippen LogP contribution in [0, 0.1) is 5.92 Å². The molecule has 0 radical (unpaired) electrons. The van der Waals surface area contributed by atoms with E-state index < -0.39 is 0 Å². The minimum Gasteiger partial charge on any atom is -0.346 e. The van der Waals surface area contributed by atoms with Crippen molar-refractivity contribution in [2.24, 2.45) is 5.92 Å². The number of benzene rings is 1. The van der Waals surface area contributed by atoms with Gasteiger partial charge in [0.1, 0.15) is 0 Å². The number of hydrogen-bond donors (Lipinski definition) is 0. The molecule has 0 atom stereocenters. The topological polar surface area (TPSA) is 40.6 Å². The van der Waals surface area contributed by atoms with Crippen molar-refractivity contribution >= 4 is 11.8 Å². The minimum absolute atomic E-state index is 0.0691. The largest absolute Gasteiger partial charge is 0.346 e. The zero-order valence-electron chi connectivity index (χ0n) is 17.7. The van der Waals surface area contributed by atoms with Crippen LogP contribution in [0.4, 0.5) is 0 Å². The highest BCUT2D eigenvalue weighted by molar-refractivity contribution is 5.94. The Bertz CT molecular complexity index is 641. The lowest BCUT2D eigenvalue weighted by Crippen LogP contribution is -2.43. The fourth-order valence-corrected chi connectivity index (χ4v) is 4.66. The predicted octanol–water partition coefficient (Wildman–Crippen LogP) is 4.85. The van der Waals surface area contributed by atoms with Crippen molar-refractivity contribution in [1.29, 1.82) is 0 Å². The van der Waals surface area contributed by atoms with Crippen LogP contribution in [0.3, 0.4) is 0 Å². The van der Waals surface area contributed by atoms with E-state index in [0.29, 0.717) is 19.0 Å². The monoisotopic (exact) mass is 384 g/mol. The van der Waals surface area contributed by atoms with Crippen molar-refractivity contribution in [3.63, 3.8) is 0 Å². The summed E-state index contributed by atoms with van der Waals surface area (Å²) in [4.78, 5) is 29.2. The van der Waals surface area contributed by atoms with E-state index in [-0.39, 0.29) is 17.7 Å². The zero-order valence-corrected chi connectivity index (χ0v) is 17.7. The Morgan fingerprint density at radius 2 is 1.64 bits per heavy atom. The number of likely N-dealkylation sites (tertiary alicyclic amines) is 1. The van der Waals surface area contributed by atoms with Crippen LogP contribution >= 0.6 is 0 Å². The second-order valence-corrected chi connectivity index (χ2v) is 8.64. The van der Waals surface area contributed by atoms with E-state index in [9.17, 15) is 9.59 Å². The Kier molecular flexibility index (Phi) is 7.52. The first kappa shape index (κ1) is 20.9. The lowest BCUT2D eigenvalue weighted by Gasteiger charge is -2.33. The molecule has 0 spiro atoms. The molecule has 1 saturated heterocycles. The number of amides is 2. The van der Waals surface area contributed by atoms with Gasteiger partial charge in [0.25, 0.3) is 5.91 Å². The molecule has 1 saturated carbocycles. The van der Waals surface area contributed by atoms with Gasteiger partial charge in [-0.05, 0) is 55.7 Å². The minimum atomic E-state index is 0.0691. The number of rotatable bonds is 6. The van der Waals surface area contributed by atoms with Crippen LogP contribution in [0.2, 0.25) is 0 Å². The molecule has 0 unspecified atom stereocenters. The Labute approximate surface area is 170 Å². The molecule has 2 fully saturated rings. The smallest absolute Gasteiger partial charge is 0.253 e. The summed E-state index contributed by atoms with van der Waals surface area (Å²) in [7, 11) is 1.91. The van der Waals surface area contributed by atoms with Crippen LogP contribution in [-0.4, -0.2) is 48.3 Å². The third-order valence-electron chi connectivity index (χ3n) is 6.59. The lowest BCUT2D eigenvalue weighted by molar-refractivity contribution is -0.135. The molecule has 4 heteroatoms. The second kappa shape index (κ2) is 10.1. The first-order valence-corrected chi connectivity index (χ1v) is 11.2. The summed E-state index contributed by atoms with van der Waals surface area (Å²) in [6.45, 7) is 4.34. The molecule has 1 aliphatic carbocycles. The van der Waals surface area contributed by atoms with Gasteiger partial charge in [0.05, 0.1) is 0 Å². The molecule has 0 N–H and O–H groups in total. The molecule has 3 rings (SSSR count). The average molecular weight is 385 g/mol. The first-order valence-electron chi connectivity index (χ1n) is 11.2. The summed E-state index contributed by atoms with van der Waals surface area (Å²) in [5.74, 6) is 1.10. The molecule has 1 aromatic rings. The van der Waals surface area contributed by atoms with E-state index in [2.05, 4.69) is 19.1 Å². The molecular weight excluding hydrogens is 348 g/mol. The summed E-state index contributed by atoms with van der Waals surface area (Å²) in [6, 6.07) is 8.31. The van der Waals surface area contributed by atoms with Crippen LogP contribution < -0.4 is 0 Å². The average Bonchev–Trinajstić information content (AvgIpc) is 2.77. The number of nitrogens with zero attached hydrogens (tertiary/aromatic N) is 2. The molecule has 1 aromatic carbocycles. The van der Waals surface area contributed by atoms with Gasteiger partial charge in [0, 0.05) is 38.2 Å². The van der Waals surface area contributed by atoms with E-state index >= 15 is 0 Å². The number of unbranched alkanes of at least 4 members (excludes halogenated alkanes) is 1. The molecule has 2 amide bonds. The number of piperidine rings is 1. The summed E-state index contributed by atoms with van der Waals surface area (Å²) in [5.41, 5.74) is 2.17. The van der Waals surface area contributed by atoms with Crippen molar-refractivity contribution in [1.82, 2.24) is 9.80 Å². The summed E-state index contributed by atoms with van der Waals surface area (Å²) < 4.78 is 0. The van der Waals surface area contributed by atoms with Gasteiger partial charge in [0.15, 0.2) is 0 Å². The molecule has 0 bridgehead atoms. The van der Waals surface area contributed by atoms with Gasteiger partial charge in [0.2, 0.25) is 5.91 Å². The van der Waals surface area contributed by atoms with E-state index in [0.717, 1.165) is 37.8 Å². The fourth-order valence-electron chi connectivity index (χ4n) is 4.66. The molecule has 0 aromatic heterocycles. The van der Waals surface area contributed by atoms with E-state index in [1.54, 1.807) is 0 Å². The van der Waals surface area contributed by atoms with Crippen molar-refractivity contribution < 1.29 is 9.59 Å². The van der Waals surface area contributed by atoms with Crippen LogP contribution in [0.5, 0.6) is 0 Å². The molecule has 1 heterocycles. The van der Waals surface area contributed by atoms with Crippen molar-refractivity contribution in [3.05, 3.63) is 35.4 Å². The number of hydrogen-bond acceptors (Lipinski definition) is 2. The third-order valence-corrected chi connectivity index (χ3v) is 6.59. The lowest BCUT2D eigenvalue weighted by atomic mass is 9.84. The Morgan fingerprint density at radius 1 is 1.00 bits per heavy atom. The van der Waals surface area contributed by atoms with Gasteiger partial charge in [-0.25, -0.2) is 0 Å². The number of carbonyl (C=O) groups is 2. The highest BCUT2D eigenvalue weighted by Crippen LogP contribution is 2.32. The SMILES string of the molecule is CCCCN(C)C(=O)C1CCN(C(=O)c2ccc(C3CCCCC3)cc2)CC1. The summed E-state index contributed by atoms with van der Waals surface area (Å²) in [5, 5.41) is 0. The molecular formula is C24H36N2O2. The van der Waals surface area contributed by atoms with Crippen molar-refractivity contribution in [3.8, 4) is 0 Å². The van der Waals surface area contributed by atoms with Crippen LogP contribution in [-0.2, 0) is 4.79 Å². The van der Waals surface area contributed by atoms with Crippen molar-refractivity contribution in [2.45, 2.75) is 70.6 Å². The van der Waals surface area contributed by atoms with Gasteiger partial charge in [-0.2, -0.15) is 0 Å². The molecule has 28 heavy (non-hydrogen) atoms. The predicted molar refractivity (Wildman–Crippen MR) is 113 cm³/mol. The van der Waals surface area contributed by atoms with E-state index in [1.165, 1.54) is 37.7 Å². The third kappa shape index (κ3) is 5.15. The van der Waals surface area contributed by atoms with Crippen LogP contribution in [0.1, 0.15) is 86.6 Å². The number of carbonyl (C=O) groups excluding carboxylic acids is 2. The first-order chi connectivity index (χ1) is 13.6. The highest BCUT2D eigenvalue weighted by atomic mass is 16.2. The molecule has 4 nitrogen and oxygen atoms in total. The Hall–Kier alpha value is -1.84. The van der Waals surface area contributed by atoms with Gasteiger partial charge in [-0.3, -0.25) is 9.59 Å². The molecule has 154 valence electrons. The van der Waals surface area contributed by atoms with Gasteiger partial charge >= 0.3 is 0 Å². The standard InChI is InChI=1S/C24H36N2O2/c1-3-4-16-25(2)23(27)22-14-17-26(18-15-22)24(28)21-12-10-20(11-13-21)19-8-6-5-7-9-19/h10-13,19,22H,3-9,14-18H2,1-2H3. The fraction of sp³-hybridized carbons (Fsp3) is 0.667. The van der Waals surface area contributed by atoms with Gasteiger partial charge in [-0.15, -0.1) is 0 Å². The zero-order chi connectivity index (χ0) is 19.9. The summed E-state index contributed by atoms with van der Waals surface area (Å²) in [6.07, 6.45) is 10.3. The van der Waals surface area contributed by atoms with Gasteiger partial charge < -0.3 is 9.80 Å². The Balaban J connectivity index is 1.51. The maximum absolute atomic E-state index is 12.9. The highest BCUT2D eigenvalue weighted by Gasteiger charge is 2.29. The van der Waals surface area contributed by atoms with Crippen LogP contribution in [0.25, 0.3) is 0 Å². The summed E-state index contributed by atoms with van der Waals surface area (Å²) >= 11 is 0. The quantitative estimate of drug-likeness (QED) is 0.704. The normalized spacial score (nSPS) is 18.9. The maximum atomic E-state index is 12.9. The maximum Gasteiger partial charge on any atom is 0.253 e. The van der Waals surface area contributed by atoms with Gasteiger partial charge in [-0.1, -0.05) is 44.7 Å². The van der Waals surface area contributed by atoms with Crippen LogP contribution in [0.15, 0.2) is 24.3 Å². The van der Waals surface area contributed by atoms with E-state index in [1.807, 2.05) is 29.0 Å².